The fourth-order valence-electron chi connectivity index (χ4n) is 1.54. The minimum atomic E-state index is -4.25. The smallest absolute Gasteiger partial charge is 0.282 e. The summed E-state index contributed by atoms with van der Waals surface area (Å²) in [6, 6.07) is 10.6. The van der Waals surface area contributed by atoms with Crippen LogP contribution < -0.4 is 10.6 Å². The second-order valence-electron chi connectivity index (χ2n) is 4.35. The van der Waals surface area contributed by atoms with Crippen molar-refractivity contribution in [2.75, 3.05) is 5.43 Å². The van der Waals surface area contributed by atoms with E-state index in [-0.39, 0.29) is 39.3 Å². The van der Waals surface area contributed by atoms with Gasteiger partial charge in [0.25, 0.3) is 10.1 Å². The third kappa shape index (κ3) is 5.94. The van der Waals surface area contributed by atoms with Gasteiger partial charge in [-0.2, -0.15) is 8.42 Å². The number of benzene rings is 2. The van der Waals surface area contributed by atoms with Crippen molar-refractivity contribution in [3.63, 3.8) is 0 Å². The van der Waals surface area contributed by atoms with Crippen LogP contribution in [-0.2, 0) is 20.1 Å². The number of rotatable bonds is 5. The molecule has 0 amide bonds. The molecule has 2 aromatic rings. The number of hydrogen-bond donors (Lipinski definition) is 3. The first-order chi connectivity index (χ1) is 10.7. The first kappa shape index (κ1) is 20.7. The minimum Gasteiger partial charge on any atom is -0.282 e. The van der Waals surface area contributed by atoms with Crippen LogP contribution in [0.2, 0.25) is 0 Å². The third-order valence-corrected chi connectivity index (χ3v) is 4.46. The molecule has 0 aliphatic heterocycles. The first-order valence-corrected chi connectivity index (χ1v) is 9.02. The fraction of sp³-hybridized carbons (Fsp3) is 0. The van der Waals surface area contributed by atoms with Gasteiger partial charge in [0.15, 0.2) is 0 Å². The van der Waals surface area contributed by atoms with Gasteiger partial charge < -0.3 is 0 Å². The van der Waals surface area contributed by atoms with Gasteiger partial charge in [-0.05, 0) is 48.5 Å². The van der Waals surface area contributed by atoms with Gasteiger partial charge in [0.1, 0.15) is 0 Å². The zero-order valence-electron chi connectivity index (χ0n) is 12.5. The van der Waals surface area contributed by atoms with Crippen LogP contribution in [0.25, 0.3) is 0 Å². The summed E-state index contributed by atoms with van der Waals surface area (Å²) in [4.78, 5) is -0.274. The summed E-state index contributed by atoms with van der Waals surface area (Å²) in [5.74, 6) is 0. The molecule has 0 atom stereocenters. The number of nitrogens with zero attached hydrogens (tertiary/aromatic N) is 2. The summed E-state index contributed by atoms with van der Waals surface area (Å²) in [7, 11) is -8.00. The monoisotopic (exact) mass is 379 g/mol. The Bertz CT molecular complexity index is 926. The zero-order valence-corrected chi connectivity index (χ0v) is 16.1. The molecule has 0 unspecified atom stereocenters. The number of anilines is 1. The van der Waals surface area contributed by atoms with Crippen LogP contribution in [0.15, 0.2) is 68.7 Å². The van der Waals surface area contributed by atoms with Crippen LogP contribution in [0.4, 0.5) is 11.4 Å². The van der Waals surface area contributed by atoms with Crippen molar-refractivity contribution in [3.8, 4) is 0 Å². The molecule has 0 bridgehead atoms. The Hall–Kier alpha value is -1.34. The quantitative estimate of drug-likeness (QED) is 0.308. The normalized spacial score (nSPS) is 11.9. The average molecular weight is 379 g/mol. The van der Waals surface area contributed by atoms with Gasteiger partial charge in [-0.1, -0.05) is 5.22 Å². The minimum absolute atomic E-state index is 0. The van der Waals surface area contributed by atoms with Crippen molar-refractivity contribution in [1.82, 2.24) is 0 Å². The van der Waals surface area contributed by atoms with Gasteiger partial charge in [-0.25, -0.2) is 13.6 Å². The Labute approximate surface area is 161 Å². The number of primary sulfonamides is 1. The Morgan fingerprint density at radius 1 is 0.875 bits per heavy atom. The molecule has 12 heteroatoms. The predicted molar refractivity (Wildman–Crippen MR) is 88.0 cm³/mol. The summed E-state index contributed by atoms with van der Waals surface area (Å²) < 4.78 is 52.8. The molecule has 0 spiro atoms. The van der Waals surface area contributed by atoms with E-state index < -0.39 is 20.1 Å². The Morgan fingerprint density at radius 3 is 1.83 bits per heavy atom. The Morgan fingerprint density at radius 2 is 1.38 bits per heavy atom. The molecule has 0 aliphatic carbocycles. The summed E-state index contributed by atoms with van der Waals surface area (Å²) in [6.45, 7) is 0. The third-order valence-electron chi connectivity index (χ3n) is 2.66. The second kappa shape index (κ2) is 8.16. The first-order valence-electron chi connectivity index (χ1n) is 6.03. The molecule has 2 rings (SSSR count). The van der Waals surface area contributed by atoms with Crippen molar-refractivity contribution >= 4 is 61.1 Å². The van der Waals surface area contributed by atoms with Crippen LogP contribution in [0.5, 0.6) is 0 Å². The Balaban J connectivity index is 0.00000288. The topological polar surface area (TPSA) is 151 Å². The van der Waals surface area contributed by atoms with E-state index in [2.05, 4.69) is 15.8 Å². The molecular weight excluding hydrogens is 367 g/mol. The second-order valence-corrected chi connectivity index (χ2v) is 7.33. The van der Waals surface area contributed by atoms with Crippen molar-refractivity contribution in [1.29, 1.82) is 0 Å². The van der Waals surface area contributed by atoms with Crippen LogP contribution in [-0.4, -0.2) is 50.9 Å². The largest absolute Gasteiger partial charge is 0.294 e. The summed E-state index contributed by atoms with van der Waals surface area (Å²) in [5.41, 5.74) is 3.41. The predicted octanol–water partition coefficient (Wildman–Crippen LogP) is 1.31. The molecule has 123 valence electrons. The molecule has 1 radical (unpaired) electrons. The molecular formula is C12H12N4NaO5S2. The summed E-state index contributed by atoms with van der Waals surface area (Å²) >= 11 is 0. The van der Waals surface area contributed by atoms with E-state index in [0.29, 0.717) is 11.4 Å². The molecule has 2 aromatic carbocycles. The molecule has 0 aromatic heterocycles. The standard InChI is InChI=1S/C12H12N4O5S2.Na/c13-22(17,18)11-5-1-9(2-6-11)14-16-15-10-3-7-12(8-4-10)23(19,20)21;/h1-8H,(H,14,15)(H2,13,17,18)(H,19,20,21);. The number of nitrogens with two attached hydrogens (primary N) is 1. The van der Waals surface area contributed by atoms with Gasteiger partial charge in [-0.3, -0.25) is 9.98 Å². The van der Waals surface area contributed by atoms with Crippen molar-refractivity contribution in [2.45, 2.75) is 9.79 Å². The van der Waals surface area contributed by atoms with E-state index in [4.69, 9.17) is 9.69 Å². The van der Waals surface area contributed by atoms with Gasteiger partial charge in [0, 0.05) is 29.6 Å². The molecule has 0 heterocycles. The van der Waals surface area contributed by atoms with Gasteiger partial charge in [0.2, 0.25) is 10.0 Å². The summed E-state index contributed by atoms with van der Waals surface area (Å²) in [5, 5.41) is 12.4. The Kier molecular flexibility index (Phi) is 7.04. The number of sulfonamides is 1. The van der Waals surface area contributed by atoms with Crippen LogP contribution in [0.3, 0.4) is 0 Å². The van der Waals surface area contributed by atoms with Gasteiger partial charge >= 0.3 is 0 Å². The molecule has 9 nitrogen and oxygen atoms in total. The SMILES string of the molecule is NS(=O)(=O)c1ccc(NN=Nc2ccc(S(=O)(=O)O)cc2)cc1.[Na]. The van der Waals surface area contributed by atoms with E-state index in [1.807, 2.05) is 0 Å². The van der Waals surface area contributed by atoms with E-state index in [1.165, 1.54) is 48.5 Å². The maximum absolute atomic E-state index is 11.1. The van der Waals surface area contributed by atoms with E-state index in [1.54, 1.807) is 0 Å². The molecule has 0 saturated carbocycles. The maximum Gasteiger partial charge on any atom is 0.294 e. The van der Waals surface area contributed by atoms with Gasteiger partial charge in [0.05, 0.1) is 21.2 Å². The molecule has 0 saturated heterocycles. The number of nitrogens with one attached hydrogen (secondary N) is 1. The maximum atomic E-state index is 11.1. The van der Waals surface area contributed by atoms with E-state index in [9.17, 15) is 16.8 Å². The van der Waals surface area contributed by atoms with Gasteiger partial charge in [-0.15, -0.1) is 5.11 Å². The fourth-order valence-corrected chi connectivity index (χ4v) is 2.54. The van der Waals surface area contributed by atoms with E-state index in [0.717, 1.165) is 0 Å². The molecule has 24 heavy (non-hydrogen) atoms. The van der Waals surface area contributed by atoms with Crippen LogP contribution in [0.1, 0.15) is 0 Å². The average Bonchev–Trinajstić information content (AvgIpc) is 2.46. The molecule has 4 N–H and O–H groups in total. The van der Waals surface area contributed by atoms with E-state index >= 15 is 0 Å². The van der Waals surface area contributed by atoms with Crippen LogP contribution in [0, 0.1) is 0 Å². The van der Waals surface area contributed by atoms with Crippen LogP contribution >= 0.6 is 0 Å². The zero-order chi connectivity index (χ0) is 17.1. The number of hydrogen-bond acceptors (Lipinski definition) is 6. The molecule has 0 aliphatic rings. The van der Waals surface area contributed by atoms with Crippen molar-refractivity contribution < 1.29 is 21.4 Å². The van der Waals surface area contributed by atoms with Crippen molar-refractivity contribution in [3.05, 3.63) is 48.5 Å². The summed E-state index contributed by atoms with van der Waals surface area (Å²) in [6.07, 6.45) is 0. The van der Waals surface area contributed by atoms with Crippen molar-refractivity contribution in [2.24, 2.45) is 15.5 Å². The molecule has 0 fully saturated rings.